The van der Waals surface area contributed by atoms with Crippen LogP contribution in [0.3, 0.4) is 0 Å². The molecule has 6 heteroatoms. The van der Waals surface area contributed by atoms with Gasteiger partial charge in [-0.05, 0) is 38.8 Å². The molecule has 2 unspecified atom stereocenters. The predicted molar refractivity (Wildman–Crippen MR) is 56.2 cm³/mol. The first-order chi connectivity index (χ1) is 6.55. The highest BCUT2D eigenvalue weighted by molar-refractivity contribution is 7.87. The molecule has 5 nitrogen and oxygen atoms in total. The number of piperidine rings is 1. The van der Waals surface area contributed by atoms with E-state index in [2.05, 4.69) is 14.8 Å². The molecule has 1 aliphatic rings. The highest BCUT2D eigenvalue weighted by Gasteiger charge is 2.22. The molecule has 0 amide bonds. The van der Waals surface area contributed by atoms with Gasteiger partial charge in [0.05, 0.1) is 0 Å². The lowest BCUT2D eigenvalue weighted by atomic mass is 9.94. The molecular weight excluding hydrogens is 202 g/mol. The Morgan fingerprint density at radius 2 is 2.21 bits per heavy atom. The lowest BCUT2D eigenvalue weighted by Gasteiger charge is -2.28. The Morgan fingerprint density at radius 3 is 2.71 bits per heavy atom. The fourth-order valence-corrected chi connectivity index (χ4v) is 2.51. The van der Waals surface area contributed by atoms with Crippen LogP contribution in [-0.2, 0) is 10.2 Å². The van der Waals surface area contributed by atoms with Crippen LogP contribution in [0.4, 0.5) is 0 Å². The van der Waals surface area contributed by atoms with Gasteiger partial charge in [0.2, 0.25) is 0 Å². The molecule has 0 spiro atoms. The first-order valence-electron chi connectivity index (χ1n) is 4.96. The van der Waals surface area contributed by atoms with Crippen LogP contribution >= 0.6 is 0 Å². The van der Waals surface area contributed by atoms with Crippen molar-refractivity contribution in [2.24, 2.45) is 5.92 Å². The minimum atomic E-state index is -3.30. The topological polar surface area (TPSA) is 70.2 Å². The Bertz CT molecular complexity index is 260. The molecule has 1 fully saturated rings. The fourth-order valence-electron chi connectivity index (χ4n) is 1.71. The van der Waals surface area contributed by atoms with Crippen LogP contribution in [0.2, 0.25) is 0 Å². The van der Waals surface area contributed by atoms with E-state index in [1.54, 1.807) is 0 Å². The molecular formula is C8H19N3O2S. The molecule has 0 aromatic heterocycles. The zero-order valence-corrected chi connectivity index (χ0v) is 9.52. The monoisotopic (exact) mass is 221 g/mol. The zero-order chi connectivity index (χ0) is 10.6. The van der Waals surface area contributed by atoms with Crippen molar-refractivity contribution in [3.63, 3.8) is 0 Å². The smallest absolute Gasteiger partial charge is 0.276 e. The Hall–Kier alpha value is -0.170. The van der Waals surface area contributed by atoms with Gasteiger partial charge < -0.3 is 5.32 Å². The Kier molecular flexibility index (Phi) is 4.31. The summed E-state index contributed by atoms with van der Waals surface area (Å²) in [7, 11) is -1.88. The Labute approximate surface area is 85.8 Å². The standard InChI is InChI=1S/C8H19N3O2S/c1-7(11-14(12,13)9-2)8-4-3-5-10-6-8/h7-11H,3-6H2,1-2H3. The van der Waals surface area contributed by atoms with E-state index in [-0.39, 0.29) is 6.04 Å². The summed E-state index contributed by atoms with van der Waals surface area (Å²) < 4.78 is 27.3. The van der Waals surface area contributed by atoms with Crippen LogP contribution in [0.1, 0.15) is 19.8 Å². The van der Waals surface area contributed by atoms with Gasteiger partial charge in [-0.25, -0.2) is 4.72 Å². The highest BCUT2D eigenvalue weighted by Crippen LogP contribution is 2.14. The van der Waals surface area contributed by atoms with Crippen LogP contribution in [0, 0.1) is 5.92 Å². The van der Waals surface area contributed by atoms with Crippen LogP contribution < -0.4 is 14.8 Å². The van der Waals surface area contributed by atoms with Crippen molar-refractivity contribution in [2.75, 3.05) is 20.1 Å². The fraction of sp³-hybridized carbons (Fsp3) is 1.00. The van der Waals surface area contributed by atoms with Crippen molar-refractivity contribution in [3.05, 3.63) is 0 Å². The van der Waals surface area contributed by atoms with Crippen LogP contribution in [0.5, 0.6) is 0 Å². The van der Waals surface area contributed by atoms with Gasteiger partial charge >= 0.3 is 0 Å². The van der Waals surface area contributed by atoms with E-state index in [1.165, 1.54) is 7.05 Å². The van der Waals surface area contributed by atoms with Crippen molar-refractivity contribution in [3.8, 4) is 0 Å². The average molecular weight is 221 g/mol. The van der Waals surface area contributed by atoms with Crippen molar-refractivity contribution in [1.82, 2.24) is 14.8 Å². The van der Waals surface area contributed by atoms with E-state index in [9.17, 15) is 8.42 Å². The summed E-state index contributed by atoms with van der Waals surface area (Å²) in [6, 6.07) is -0.0137. The Morgan fingerprint density at radius 1 is 1.50 bits per heavy atom. The second-order valence-electron chi connectivity index (χ2n) is 3.72. The average Bonchev–Trinajstić information content (AvgIpc) is 2.19. The van der Waals surface area contributed by atoms with E-state index >= 15 is 0 Å². The minimum Gasteiger partial charge on any atom is -0.316 e. The van der Waals surface area contributed by atoms with Gasteiger partial charge in [-0.2, -0.15) is 13.1 Å². The van der Waals surface area contributed by atoms with E-state index in [0.717, 1.165) is 25.9 Å². The summed E-state index contributed by atoms with van der Waals surface area (Å²) >= 11 is 0. The highest BCUT2D eigenvalue weighted by atomic mass is 32.2. The summed E-state index contributed by atoms with van der Waals surface area (Å²) in [5, 5.41) is 3.26. The molecule has 0 aromatic rings. The summed E-state index contributed by atoms with van der Waals surface area (Å²) in [6.07, 6.45) is 2.21. The first-order valence-corrected chi connectivity index (χ1v) is 6.45. The number of hydrogen-bond donors (Lipinski definition) is 3. The molecule has 0 bridgehead atoms. The van der Waals surface area contributed by atoms with Gasteiger partial charge in [0.25, 0.3) is 10.2 Å². The maximum absolute atomic E-state index is 11.2. The molecule has 14 heavy (non-hydrogen) atoms. The van der Waals surface area contributed by atoms with Gasteiger partial charge in [0, 0.05) is 13.1 Å². The van der Waals surface area contributed by atoms with Crippen LogP contribution in [0.15, 0.2) is 0 Å². The first kappa shape index (κ1) is 11.9. The van der Waals surface area contributed by atoms with Crippen molar-refractivity contribution < 1.29 is 8.42 Å². The third-order valence-corrected chi connectivity index (χ3v) is 3.87. The second kappa shape index (κ2) is 5.06. The van der Waals surface area contributed by atoms with Gasteiger partial charge in [-0.15, -0.1) is 0 Å². The molecule has 1 heterocycles. The SMILES string of the molecule is CNS(=O)(=O)NC(C)C1CCCNC1. The lowest BCUT2D eigenvalue weighted by Crippen LogP contribution is -2.47. The second-order valence-corrected chi connectivity index (χ2v) is 5.37. The van der Waals surface area contributed by atoms with E-state index in [1.807, 2.05) is 6.92 Å². The third kappa shape index (κ3) is 3.53. The van der Waals surface area contributed by atoms with Gasteiger partial charge in [-0.3, -0.25) is 0 Å². The molecule has 0 saturated carbocycles. The molecule has 3 N–H and O–H groups in total. The van der Waals surface area contributed by atoms with Crippen molar-refractivity contribution >= 4 is 10.2 Å². The van der Waals surface area contributed by atoms with Gasteiger partial charge in [0.1, 0.15) is 0 Å². The quantitative estimate of drug-likeness (QED) is 0.595. The Balaban J connectivity index is 2.44. The molecule has 2 atom stereocenters. The maximum atomic E-state index is 11.2. The van der Waals surface area contributed by atoms with Crippen LogP contribution in [-0.4, -0.2) is 34.6 Å². The summed E-state index contributed by atoms with van der Waals surface area (Å²) in [6.45, 7) is 3.85. The van der Waals surface area contributed by atoms with Crippen LogP contribution in [0.25, 0.3) is 0 Å². The van der Waals surface area contributed by atoms with E-state index in [4.69, 9.17) is 0 Å². The predicted octanol–water partition coefficient (Wildman–Crippen LogP) is -0.572. The minimum absolute atomic E-state index is 0.0137. The van der Waals surface area contributed by atoms with Gasteiger partial charge in [-0.1, -0.05) is 0 Å². The maximum Gasteiger partial charge on any atom is 0.276 e. The molecule has 0 aliphatic carbocycles. The summed E-state index contributed by atoms with van der Waals surface area (Å²) in [4.78, 5) is 0. The normalized spacial score (nSPS) is 26.0. The zero-order valence-electron chi connectivity index (χ0n) is 8.71. The summed E-state index contributed by atoms with van der Waals surface area (Å²) in [5.74, 6) is 0.395. The lowest BCUT2D eigenvalue weighted by molar-refractivity contribution is 0.320. The molecule has 1 aliphatic heterocycles. The number of nitrogens with one attached hydrogen (secondary N) is 3. The van der Waals surface area contributed by atoms with E-state index in [0.29, 0.717) is 5.92 Å². The van der Waals surface area contributed by atoms with Crippen molar-refractivity contribution in [2.45, 2.75) is 25.8 Å². The van der Waals surface area contributed by atoms with Crippen molar-refractivity contribution in [1.29, 1.82) is 0 Å². The molecule has 84 valence electrons. The van der Waals surface area contributed by atoms with Gasteiger partial charge in [0.15, 0.2) is 0 Å². The molecule has 1 saturated heterocycles. The summed E-state index contributed by atoms with van der Waals surface area (Å²) in [5.41, 5.74) is 0. The third-order valence-electron chi connectivity index (χ3n) is 2.65. The number of rotatable bonds is 4. The largest absolute Gasteiger partial charge is 0.316 e. The number of hydrogen-bond acceptors (Lipinski definition) is 3. The molecule has 1 rings (SSSR count). The molecule has 0 radical (unpaired) electrons. The molecule has 0 aromatic carbocycles. The van der Waals surface area contributed by atoms with E-state index < -0.39 is 10.2 Å².